The van der Waals surface area contributed by atoms with Crippen LogP contribution in [0, 0.1) is 0 Å². The van der Waals surface area contributed by atoms with Gasteiger partial charge in [0.25, 0.3) is 0 Å². The van der Waals surface area contributed by atoms with E-state index in [0.29, 0.717) is 0 Å². The highest BCUT2D eigenvalue weighted by molar-refractivity contribution is 4.90. The standard InChI is InChI=1S/C6H13N/c1-3-4-5-6(2)7/h5H,3-4,7H2,1-2H3/b6-5+. The number of rotatable bonds is 2. The second kappa shape index (κ2) is 3.72. The van der Waals surface area contributed by atoms with Gasteiger partial charge in [0.1, 0.15) is 0 Å². The monoisotopic (exact) mass is 99.1 g/mol. The largest absolute Gasteiger partial charge is 0.403 e. The zero-order valence-electron chi connectivity index (χ0n) is 5.07. The molecule has 0 saturated heterocycles. The molecule has 2 N–H and O–H groups in total. The van der Waals surface area contributed by atoms with Gasteiger partial charge in [0.05, 0.1) is 0 Å². The Labute approximate surface area is 45.2 Å². The highest BCUT2D eigenvalue weighted by Crippen LogP contribution is 1.89. The van der Waals surface area contributed by atoms with Gasteiger partial charge in [-0.1, -0.05) is 19.4 Å². The SMILES string of the molecule is CCC/C=C(\C)N. The zero-order chi connectivity index (χ0) is 5.70. The molecule has 0 saturated carbocycles. The van der Waals surface area contributed by atoms with E-state index in [1.165, 1.54) is 6.42 Å². The third kappa shape index (κ3) is 5.54. The maximum Gasteiger partial charge on any atom is 0.000832 e. The molecule has 0 heterocycles. The van der Waals surface area contributed by atoms with Crippen LogP contribution in [0.25, 0.3) is 0 Å². The molecule has 0 bridgehead atoms. The van der Waals surface area contributed by atoms with Crippen molar-refractivity contribution in [2.75, 3.05) is 0 Å². The van der Waals surface area contributed by atoms with Crippen LogP contribution in [0.4, 0.5) is 0 Å². The first-order chi connectivity index (χ1) is 3.27. The Bertz CT molecular complexity index is 60.6. The van der Waals surface area contributed by atoms with Crippen molar-refractivity contribution in [3.05, 3.63) is 11.8 Å². The predicted octanol–water partition coefficient (Wildman–Crippen LogP) is 1.65. The molecule has 0 aromatic carbocycles. The minimum atomic E-state index is 0.932. The first kappa shape index (κ1) is 6.54. The summed E-state index contributed by atoms with van der Waals surface area (Å²) in [4.78, 5) is 0. The molecule has 1 heteroatoms. The molecule has 0 atom stereocenters. The van der Waals surface area contributed by atoms with Gasteiger partial charge in [-0.3, -0.25) is 0 Å². The van der Waals surface area contributed by atoms with Crippen LogP contribution < -0.4 is 5.73 Å². The van der Waals surface area contributed by atoms with Crippen LogP contribution in [0.15, 0.2) is 11.8 Å². The fraction of sp³-hybridized carbons (Fsp3) is 0.667. The number of allylic oxidation sites excluding steroid dienone is 2. The summed E-state index contributed by atoms with van der Waals surface area (Å²) in [5.74, 6) is 0. The average molecular weight is 99.2 g/mol. The summed E-state index contributed by atoms with van der Waals surface area (Å²) in [7, 11) is 0. The molecule has 0 rings (SSSR count). The minimum absolute atomic E-state index is 0.932. The summed E-state index contributed by atoms with van der Waals surface area (Å²) in [6.07, 6.45) is 4.34. The Morgan fingerprint density at radius 2 is 2.29 bits per heavy atom. The molecule has 0 aromatic heterocycles. The lowest BCUT2D eigenvalue weighted by Gasteiger charge is -1.85. The molecule has 1 nitrogen and oxygen atoms in total. The van der Waals surface area contributed by atoms with Crippen molar-refractivity contribution in [3.63, 3.8) is 0 Å². The number of hydrogen-bond acceptors (Lipinski definition) is 1. The van der Waals surface area contributed by atoms with E-state index in [4.69, 9.17) is 5.73 Å². The first-order valence-corrected chi connectivity index (χ1v) is 2.69. The van der Waals surface area contributed by atoms with Crippen molar-refractivity contribution in [1.29, 1.82) is 0 Å². The van der Waals surface area contributed by atoms with Crippen LogP contribution in [0.1, 0.15) is 26.7 Å². The molecule has 0 aliphatic rings. The number of unbranched alkanes of at least 4 members (excludes halogenated alkanes) is 1. The number of nitrogens with two attached hydrogens (primary N) is 1. The van der Waals surface area contributed by atoms with E-state index in [0.717, 1.165) is 12.1 Å². The smallest absolute Gasteiger partial charge is 0.000832 e. The molecular weight excluding hydrogens is 86.1 g/mol. The topological polar surface area (TPSA) is 26.0 Å². The van der Waals surface area contributed by atoms with Crippen molar-refractivity contribution < 1.29 is 0 Å². The molecule has 0 radical (unpaired) electrons. The third-order valence-corrected chi connectivity index (χ3v) is 0.755. The van der Waals surface area contributed by atoms with Gasteiger partial charge in [0.2, 0.25) is 0 Å². The summed E-state index contributed by atoms with van der Waals surface area (Å²) >= 11 is 0. The minimum Gasteiger partial charge on any atom is -0.403 e. The molecule has 0 aliphatic heterocycles. The van der Waals surface area contributed by atoms with Gasteiger partial charge in [-0.15, -0.1) is 0 Å². The van der Waals surface area contributed by atoms with Gasteiger partial charge in [-0.2, -0.15) is 0 Å². The molecule has 0 fully saturated rings. The van der Waals surface area contributed by atoms with Crippen LogP contribution in [0.2, 0.25) is 0 Å². The van der Waals surface area contributed by atoms with Gasteiger partial charge in [0.15, 0.2) is 0 Å². The van der Waals surface area contributed by atoms with Crippen LogP contribution in [-0.2, 0) is 0 Å². The Morgan fingerprint density at radius 1 is 1.71 bits per heavy atom. The van der Waals surface area contributed by atoms with Crippen molar-refractivity contribution in [2.24, 2.45) is 5.73 Å². The van der Waals surface area contributed by atoms with Crippen LogP contribution in [0.3, 0.4) is 0 Å². The average Bonchev–Trinajstić information content (AvgIpc) is 1.61. The molecule has 0 spiro atoms. The highest BCUT2D eigenvalue weighted by atomic mass is 14.5. The second-order valence-electron chi connectivity index (χ2n) is 1.74. The van der Waals surface area contributed by atoms with E-state index in [2.05, 4.69) is 6.92 Å². The van der Waals surface area contributed by atoms with Crippen LogP contribution in [0.5, 0.6) is 0 Å². The normalized spacial score (nSPS) is 12.0. The lowest BCUT2D eigenvalue weighted by Crippen LogP contribution is -1.88. The number of hydrogen-bond donors (Lipinski definition) is 1. The lowest BCUT2D eigenvalue weighted by molar-refractivity contribution is 0.945. The Morgan fingerprint density at radius 3 is 2.43 bits per heavy atom. The van der Waals surface area contributed by atoms with E-state index in [1.807, 2.05) is 13.0 Å². The predicted molar refractivity (Wildman–Crippen MR) is 32.9 cm³/mol. The van der Waals surface area contributed by atoms with E-state index >= 15 is 0 Å². The van der Waals surface area contributed by atoms with Crippen LogP contribution >= 0.6 is 0 Å². The Hall–Kier alpha value is -0.460. The maximum atomic E-state index is 5.34. The summed E-state index contributed by atoms with van der Waals surface area (Å²) in [5, 5.41) is 0. The summed E-state index contributed by atoms with van der Waals surface area (Å²) in [6, 6.07) is 0. The molecule has 0 aliphatic carbocycles. The highest BCUT2D eigenvalue weighted by Gasteiger charge is 1.73. The Balaban J connectivity index is 3.08. The molecule has 42 valence electrons. The van der Waals surface area contributed by atoms with E-state index in [1.54, 1.807) is 0 Å². The second-order valence-corrected chi connectivity index (χ2v) is 1.74. The molecule has 0 aromatic rings. The van der Waals surface area contributed by atoms with Crippen LogP contribution in [-0.4, -0.2) is 0 Å². The van der Waals surface area contributed by atoms with Crippen molar-refractivity contribution >= 4 is 0 Å². The van der Waals surface area contributed by atoms with Gasteiger partial charge in [-0.25, -0.2) is 0 Å². The maximum absolute atomic E-state index is 5.34. The quantitative estimate of drug-likeness (QED) is 0.559. The lowest BCUT2D eigenvalue weighted by atomic mass is 10.3. The van der Waals surface area contributed by atoms with Crippen molar-refractivity contribution in [2.45, 2.75) is 26.7 Å². The fourth-order valence-electron chi connectivity index (χ4n) is 0.372. The van der Waals surface area contributed by atoms with Gasteiger partial charge in [-0.05, 0) is 13.3 Å². The van der Waals surface area contributed by atoms with Gasteiger partial charge < -0.3 is 5.73 Å². The van der Waals surface area contributed by atoms with Crippen molar-refractivity contribution in [1.82, 2.24) is 0 Å². The molecule has 7 heavy (non-hydrogen) atoms. The zero-order valence-corrected chi connectivity index (χ0v) is 5.07. The van der Waals surface area contributed by atoms with Gasteiger partial charge >= 0.3 is 0 Å². The molecular formula is C6H13N. The Kier molecular flexibility index (Phi) is 3.48. The van der Waals surface area contributed by atoms with E-state index in [-0.39, 0.29) is 0 Å². The van der Waals surface area contributed by atoms with Crippen molar-refractivity contribution in [3.8, 4) is 0 Å². The fourth-order valence-corrected chi connectivity index (χ4v) is 0.372. The van der Waals surface area contributed by atoms with E-state index in [9.17, 15) is 0 Å². The summed E-state index contributed by atoms with van der Waals surface area (Å²) in [5.41, 5.74) is 6.27. The third-order valence-electron chi connectivity index (χ3n) is 0.755. The molecule has 0 unspecified atom stereocenters. The first-order valence-electron chi connectivity index (χ1n) is 2.69. The van der Waals surface area contributed by atoms with E-state index < -0.39 is 0 Å². The van der Waals surface area contributed by atoms with Gasteiger partial charge in [0, 0.05) is 5.70 Å². The summed E-state index contributed by atoms with van der Waals surface area (Å²) in [6.45, 7) is 4.05. The molecule has 0 amide bonds. The summed E-state index contributed by atoms with van der Waals surface area (Å²) < 4.78 is 0.